The average molecular weight is 466 g/mol. The summed E-state index contributed by atoms with van der Waals surface area (Å²) in [5.74, 6) is 0.220. The molecule has 3 aromatic rings. The Hall–Kier alpha value is -2.33. The lowest BCUT2D eigenvalue weighted by atomic mass is 10.0. The highest BCUT2D eigenvalue weighted by Gasteiger charge is 2.18. The van der Waals surface area contributed by atoms with Gasteiger partial charge in [-0.15, -0.1) is 0 Å². The van der Waals surface area contributed by atoms with Gasteiger partial charge in [0.1, 0.15) is 0 Å². The molecular formula is C29H39NO2S. The van der Waals surface area contributed by atoms with Gasteiger partial charge in [0.2, 0.25) is 0 Å². The molecule has 0 aromatic heterocycles. The fourth-order valence-corrected chi connectivity index (χ4v) is 6.04. The Kier molecular flexibility index (Phi) is 9.37. The van der Waals surface area contributed by atoms with Crippen molar-refractivity contribution in [2.45, 2.75) is 69.6 Å². The van der Waals surface area contributed by atoms with Crippen LogP contribution < -0.4 is 4.90 Å². The molecule has 0 spiro atoms. The molecule has 0 aliphatic carbocycles. The molecule has 0 saturated heterocycles. The van der Waals surface area contributed by atoms with Crippen LogP contribution in [0, 0.1) is 0 Å². The molecule has 3 rings (SSSR count). The quantitative estimate of drug-likeness (QED) is 0.250. The number of aryl methyl sites for hydroxylation is 2. The zero-order valence-corrected chi connectivity index (χ0v) is 21.3. The first-order valence-corrected chi connectivity index (χ1v) is 14.1. The third-order valence-corrected chi connectivity index (χ3v) is 8.25. The Morgan fingerprint density at radius 2 is 1.24 bits per heavy atom. The van der Waals surface area contributed by atoms with Gasteiger partial charge in [0.15, 0.2) is 9.84 Å². The average Bonchev–Trinajstić information content (AvgIpc) is 2.82. The van der Waals surface area contributed by atoms with Crippen LogP contribution in [0.25, 0.3) is 10.8 Å². The maximum absolute atomic E-state index is 13.1. The lowest BCUT2D eigenvalue weighted by molar-refractivity contribution is 0.585. The van der Waals surface area contributed by atoms with Crippen molar-refractivity contribution in [3.05, 3.63) is 71.8 Å². The summed E-state index contributed by atoms with van der Waals surface area (Å²) in [6, 6.07) is 20.6. The first-order valence-electron chi connectivity index (χ1n) is 12.4. The van der Waals surface area contributed by atoms with Crippen LogP contribution in [0.3, 0.4) is 0 Å². The molecule has 0 heterocycles. The van der Waals surface area contributed by atoms with Gasteiger partial charge < -0.3 is 4.90 Å². The van der Waals surface area contributed by atoms with Gasteiger partial charge >= 0.3 is 0 Å². The standard InChI is InChI=1S/C29H39NO2S/c1-4-5-13-24-19-21-25(22-20-24)14-9-7-6-8-10-23-33(31,32)29-18-12-15-26-27(29)16-11-17-28(26)30(2)3/h11-12,15-22H,4-10,13-14,23H2,1-3H3. The van der Waals surface area contributed by atoms with E-state index in [1.165, 1.54) is 30.4 Å². The smallest absolute Gasteiger partial charge is 0.178 e. The predicted molar refractivity (Wildman–Crippen MR) is 142 cm³/mol. The highest BCUT2D eigenvalue weighted by atomic mass is 32.2. The zero-order valence-electron chi connectivity index (χ0n) is 20.5. The Morgan fingerprint density at radius 1 is 0.667 bits per heavy atom. The van der Waals surface area contributed by atoms with E-state index in [4.69, 9.17) is 0 Å². The highest BCUT2D eigenvalue weighted by Crippen LogP contribution is 2.31. The van der Waals surface area contributed by atoms with Crippen LogP contribution in [-0.2, 0) is 22.7 Å². The van der Waals surface area contributed by atoms with Crippen molar-refractivity contribution >= 4 is 26.3 Å². The molecule has 33 heavy (non-hydrogen) atoms. The van der Waals surface area contributed by atoms with Crippen molar-refractivity contribution in [1.29, 1.82) is 0 Å². The minimum absolute atomic E-state index is 0.220. The Balaban J connectivity index is 1.45. The molecule has 0 aliphatic heterocycles. The van der Waals surface area contributed by atoms with E-state index < -0.39 is 9.84 Å². The molecule has 0 unspecified atom stereocenters. The van der Waals surface area contributed by atoms with Crippen molar-refractivity contribution in [3.8, 4) is 0 Å². The second-order valence-corrected chi connectivity index (χ2v) is 11.4. The summed E-state index contributed by atoms with van der Waals surface area (Å²) in [4.78, 5) is 2.49. The van der Waals surface area contributed by atoms with E-state index in [0.29, 0.717) is 4.90 Å². The fraction of sp³-hybridized carbons (Fsp3) is 0.448. The van der Waals surface area contributed by atoms with Gasteiger partial charge in [-0.1, -0.05) is 81.1 Å². The van der Waals surface area contributed by atoms with Crippen LogP contribution in [0.5, 0.6) is 0 Å². The first kappa shape index (κ1) is 25.3. The molecule has 4 heteroatoms. The second-order valence-electron chi connectivity index (χ2n) is 9.28. The number of fused-ring (bicyclic) bond motifs is 1. The number of unbranched alkanes of at least 4 members (excludes halogenated alkanes) is 5. The van der Waals surface area contributed by atoms with E-state index in [2.05, 4.69) is 31.2 Å². The molecule has 0 saturated carbocycles. The molecule has 178 valence electrons. The van der Waals surface area contributed by atoms with Crippen molar-refractivity contribution in [2.24, 2.45) is 0 Å². The minimum Gasteiger partial charge on any atom is -0.377 e. The number of hydrogen-bond acceptors (Lipinski definition) is 3. The highest BCUT2D eigenvalue weighted by molar-refractivity contribution is 7.91. The summed E-state index contributed by atoms with van der Waals surface area (Å²) >= 11 is 0. The predicted octanol–water partition coefficient (Wildman–Crippen LogP) is 7.22. The molecule has 0 radical (unpaired) electrons. The summed E-state index contributed by atoms with van der Waals surface area (Å²) < 4.78 is 26.2. The van der Waals surface area contributed by atoms with E-state index in [9.17, 15) is 8.42 Å². The van der Waals surface area contributed by atoms with Crippen molar-refractivity contribution in [1.82, 2.24) is 0 Å². The van der Waals surface area contributed by atoms with E-state index in [1.54, 1.807) is 6.07 Å². The number of benzene rings is 3. The van der Waals surface area contributed by atoms with E-state index in [0.717, 1.165) is 55.0 Å². The first-order chi connectivity index (χ1) is 15.9. The molecule has 0 amide bonds. The summed E-state index contributed by atoms with van der Waals surface area (Å²) in [7, 11) is 0.675. The summed E-state index contributed by atoms with van der Waals surface area (Å²) in [6.45, 7) is 2.23. The van der Waals surface area contributed by atoms with Gasteiger partial charge in [-0.25, -0.2) is 8.42 Å². The van der Waals surface area contributed by atoms with Gasteiger partial charge in [-0.3, -0.25) is 0 Å². The third kappa shape index (κ3) is 7.07. The molecule has 0 aliphatic rings. The van der Waals surface area contributed by atoms with Crippen LogP contribution in [0.15, 0.2) is 65.6 Å². The van der Waals surface area contributed by atoms with E-state index in [-0.39, 0.29) is 5.75 Å². The van der Waals surface area contributed by atoms with Gasteiger partial charge in [-0.2, -0.15) is 0 Å². The van der Waals surface area contributed by atoms with Gasteiger partial charge in [0.25, 0.3) is 0 Å². The van der Waals surface area contributed by atoms with Crippen LogP contribution in [0.1, 0.15) is 63.0 Å². The Bertz CT molecular complexity index is 1120. The largest absolute Gasteiger partial charge is 0.377 e. The zero-order chi connectivity index (χ0) is 23.7. The SMILES string of the molecule is CCCCc1ccc(CCCCCCCS(=O)(=O)c2cccc3c(N(C)C)cccc23)cc1. The van der Waals surface area contributed by atoms with Gasteiger partial charge in [-0.05, 0) is 55.4 Å². The lowest BCUT2D eigenvalue weighted by Gasteiger charge is -2.17. The maximum Gasteiger partial charge on any atom is 0.178 e. The summed E-state index contributed by atoms with van der Waals surface area (Å²) in [6.07, 6.45) is 9.86. The van der Waals surface area contributed by atoms with E-state index in [1.807, 2.05) is 49.3 Å². The van der Waals surface area contributed by atoms with Crippen LogP contribution in [-0.4, -0.2) is 28.3 Å². The van der Waals surface area contributed by atoms with Crippen molar-refractivity contribution in [3.63, 3.8) is 0 Å². The number of nitrogens with zero attached hydrogens (tertiary/aromatic N) is 1. The molecule has 3 nitrogen and oxygen atoms in total. The summed E-state index contributed by atoms with van der Waals surface area (Å²) in [5.41, 5.74) is 3.89. The number of anilines is 1. The Labute approximate surface area is 200 Å². The molecule has 3 aromatic carbocycles. The molecule has 0 atom stereocenters. The van der Waals surface area contributed by atoms with Gasteiger partial charge in [0.05, 0.1) is 10.6 Å². The third-order valence-electron chi connectivity index (χ3n) is 6.40. The molecule has 0 fully saturated rings. The molecule has 0 bridgehead atoms. The number of sulfone groups is 1. The van der Waals surface area contributed by atoms with Crippen LogP contribution in [0.4, 0.5) is 5.69 Å². The molecule has 0 N–H and O–H groups in total. The van der Waals surface area contributed by atoms with Gasteiger partial charge in [0, 0.05) is 30.6 Å². The normalized spacial score (nSPS) is 11.7. The fourth-order valence-electron chi connectivity index (χ4n) is 4.44. The number of rotatable bonds is 13. The van der Waals surface area contributed by atoms with Crippen LogP contribution >= 0.6 is 0 Å². The lowest BCUT2D eigenvalue weighted by Crippen LogP contribution is -2.10. The van der Waals surface area contributed by atoms with Crippen LogP contribution in [0.2, 0.25) is 0 Å². The molecular weight excluding hydrogens is 426 g/mol. The maximum atomic E-state index is 13.1. The monoisotopic (exact) mass is 465 g/mol. The van der Waals surface area contributed by atoms with Crippen molar-refractivity contribution in [2.75, 3.05) is 24.7 Å². The minimum atomic E-state index is -3.29. The topological polar surface area (TPSA) is 37.4 Å². The Morgan fingerprint density at radius 3 is 1.91 bits per heavy atom. The van der Waals surface area contributed by atoms with Crippen molar-refractivity contribution < 1.29 is 8.42 Å². The van der Waals surface area contributed by atoms with E-state index >= 15 is 0 Å². The number of hydrogen-bond donors (Lipinski definition) is 0. The second kappa shape index (κ2) is 12.2. The summed E-state index contributed by atoms with van der Waals surface area (Å²) in [5, 5.41) is 1.81.